The van der Waals surface area contributed by atoms with Gasteiger partial charge in [-0.15, -0.1) is 0 Å². The van der Waals surface area contributed by atoms with Gasteiger partial charge in [0, 0.05) is 31.7 Å². The third-order valence-electron chi connectivity index (χ3n) is 6.23. The molecule has 0 aromatic carbocycles. The molecule has 2 unspecified atom stereocenters. The summed E-state index contributed by atoms with van der Waals surface area (Å²) in [5.74, 6) is 1.73. The summed E-state index contributed by atoms with van der Waals surface area (Å²) in [5, 5.41) is 3.85. The summed E-state index contributed by atoms with van der Waals surface area (Å²) in [7, 11) is 2.27. The van der Waals surface area contributed by atoms with Crippen LogP contribution in [0.15, 0.2) is 0 Å². The molecule has 3 fully saturated rings. The quantitative estimate of drug-likeness (QED) is 0.859. The lowest BCUT2D eigenvalue weighted by molar-refractivity contribution is 0.0249. The number of rotatable bonds is 4. The first-order chi connectivity index (χ1) is 9.97. The van der Waals surface area contributed by atoms with Crippen LogP contribution in [0, 0.1) is 17.3 Å². The Morgan fingerprint density at radius 3 is 2.43 bits per heavy atom. The van der Waals surface area contributed by atoms with Crippen LogP contribution in [0.3, 0.4) is 0 Å². The summed E-state index contributed by atoms with van der Waals surface area (Å²) in [6.07, 6.45) is 5.65. The van der Waals surface area contributed by atoms with Crippen molar-refractivity contribution in [2.24, 2.45) is 17.3 Å². The molecule has 1 aliphatic carbocycles. The van der Waals surface area contributed by atoms with E-state index in [4.69, 9.17) is 0 Å². The molecule has 0 amide bonds. The molecule has 2 saturated heterocycles. The van der Waals surface area contributed by atoms with Gasteiger partial charge >= 0.3 is 0 Å². The second kappa shape index (κ2) is 6.17. The first-order valence-electron chi connectivity index (χ1n) is 9.13. The summed E-state index contributed by atoms with van der Waals surface area (Å²) in [6, 6.07) is 1.51. The van der Waals surface area contributed by atoms with Gasteiger partial charge in [-0.2, -0.15) is 0 Å². The Morgan fingerprint density at radius 1 is 1.19 bits per heavy atom. The highest BCUT2D eigenvalue weighted by atomic mass is 15.2. The predicted octanol–water partition coefficient (Wildman–Crippen LogP) is 2.43. The number of piperazine rings is 1. The third-order valence-corrected chi connectivity index (χ3v) is 6.23. The van der Waals surface area contributed by atoms with Gasteiger partial charge in [-0.1, -0.05) is 20.8 Å². The molecule has 122 valence electrons. The molecule has 0 spiro atoms. The highest BCUT2D eigenvalue weighted by Crippen LogP contribution is 2.37. The molecule has 3 nitrogen and oxygen atoms in total. The summed E-state index contributed by atoms with van der Waals surface area (Å²) in [4.78, 5) is 5.35. The molecule has 0 bridgehead atoms. The van der Waals surface area contributed by atoms with E-state index in [-0.39, 0.29) is 0 Å². The van der Waals surface area contributed by atoms with E-state index in [1.54, 1.807) is 0 Å². The van der Waals surface area contributed by atoms with Crippen LogP contribution >= 0.6 is 0 Å². The first kappa shape index (κ1) is 15.8. The van der Waals surface area contributed by atoms with E-state index in [1.165, 1.54) is 58.4 Å². The summed E-state index contributed by atoms with van der Waals surface area (Å²) in [6.45, 7) is 13.7. The zero-order valence-corrected chi connectivity index (χ0v) is 14.6. The van der Waals surface area contributed by atoms with E-state index in [0.29, 0.717) is 5.41 Å². The number of hydrogen-bond acceptors (Lipinski definition) is 3. The molecular weight excluding hydrogens is 258 g/mol. The smallest absolute Gasteiger partial charge is 0.0244 e. The minimum Gasteiger partial charge on any atom is -0.311 e. The van der Waals surface area contributed by atoms with Crippen molar-refractivity contribution in [3.8, 4) is 0 Å². The van der Waals surface area contributed by atoms with Gasteiger partial charge in [0.15, 0.2) is 0 Å². The minimum atomic E-state index is 0.533. The molecular formula is C18H35N3. The molecule has 2 heterocycles. The number of likely N-dealkylation sites (tertiary alicyclic amines) is 1. The highest BCUT2D eigenvalue weighted by molar-refractivity contribution is 4.97. The van der Waals surface area contributed by atoms with Crippen molar-refractivity contribution < 1.29 is 0 Å². The van der Waals surface area contributed by atoms with Crippen molar-refractivity contribution in [2.75, 3.05) is 39.8 Å². The molecule has 3 rings (SSSR count). The van der Waals surface area contributed by atoms with Crippen molar-refractivity contribution in [3.63, 3.8) is 0 Å². The molecule has 21 heavy (non-hydrogen) atoms. The van der Waals surface area contributed by atoms with E-state index in [9.17, 15) is 0 Å². The SMILES string of the molecule is CC(C)C1CNC(C2CC2)CN1CC1(C)CCN(C)CC1. The lowest BCUT2D eigenvalue weighted by Gasteiger charge is -2.48. The van der Waals surface area contributed by atoms with E-state index >= 15 is 0 Å². The fraction of sp³-hybridized carbons (Fsp3) is 1.00. The Bertz CT molecular complexity index is 342. The summed E-state index contributed by atoms with van der Waals surface area (Å²) in [5.41, 5.74) is 0.533. The van der Waals surface area contributed by atoms with Crippen LogP contribution in [0.2, 0.25) is 0 Å². The first-order valence-corrected chi connectivity index (χ1v) is 9.13. The van der Waals surface area contributed by atoms with Crippen LogP contribution in [-0.4, -0.2) is 61.7 Å². The minimum absolute atomic E-state index is 0.533. The summed E-state index contributed by atoms with van der Waals surface area (Å²) < 4.78 is 0. The van der Waals surface area contributed by atoms with Crippen LogP contribution in [0.4, 0.5) is 0 Å². The Kier molecular flexibility index (Phi) is 4.63. The van der Waals surface area contributed by atoms with Crippen LogP contribution in [0.5, 0.6) is 0 Å². The zero-order chi connectivity index (χ0) is 15.0. The Labute approximate surface area is 131 Å². The topological polar surface area (TPSA) is 18.5 Å². The molecule has 2 aliphatic heterocycles. The van der Waals surface area contributed by atoms with E-state index in [0.717, 1.165) is 23.9 Å². The monoisotopic (exact) mass is 293 g/mol. The lowest BCUT2D eigenvalue weighted by Crippen LogP contribution is -2.61. The van der Waals surface area contributed by atoms with Crippen LogP contribution in [-0.2, 0) is 0 Å². The number of hydrogen-bond donors (Lipinski definition) is 1. The van der Waals surface area contributed by atoms with Crippen molar-refractivity contribution in [3.05, 3.63) is 0 Å². The Hall–Kier alpha value is -0.120. The van der Waals surface area contributed by atoms with Crippen molar-refractivity contribution >= 4 is 0 Å². The molecule has 3 aliphatic rings. The van der Waals surface area contributed by atoms with Gasteiger partial charge in [-0.05, 0) is 63.1 Å². The fourth-order valence-corrected chi connectivity index (χ4v) is 4.31. The fourth-order valence-electron chi connectivity index (χ4n) is 4.31. The maximum Gasteiger partial charge on any atom is 0.0244 e. The van der Waals surface area contributed by atoms with Crippen molar-refractivity contribution in [1.82, 2.24) is 15.1 Å². The van der Waals surface area contributed by atoms with Gasteiger partial charge in [0.2, 0.25) is 0 Å². The molecule has 1 saturated carbocycles. The number of nitrogens with one attached hydrogen (secondary N) is 1. The van der Waals surface area contributed by atoms with E-state index < -0.39 is 0 Å². The molecule has 0 aromatic rings. The average Bonchev–Trinajstić information content (AvgIpc) is 3.26. The van der Waals surface area contributed by atoms with Gasteiger partial charge in [-0.25, -0.2) is 0 Å². The van der Waals surface area contributed by atoms with Crippen molar-refractivity contribution in [2.45, 2.75) is 58.5 Å². The number of piperidine rings is 1. The molecule has 0 aromatic heterocycles. The van der Waals surface area contributed by atoms with Gasteiger partial charge in [0.25, 0.3) is 0 Å². The Balaban J connectivity index is 1.63. The standard InChI is InChI=1S/C18H35N3/c1-14(2)17-11-19-16(15-5-6-15)12-21(17)13-18(3)7-9-20(4)10-8-18/h14-17,19H,5-13H2,1-4H3. The maximum absolute atomic E-state index is 3.85. The van der Waals surface area contributed by atoms with Gasteiger partial charge in [-0.3, -0.25) is 4.90 Å². The van der Waals surface area contributed by atoms with Gasteiger partial charge < -0.3 is 10.2 Å². The molecule has 0 radical (unpaired) electrons. The molecule has 2 atom stereocenters. The zero-order valence-electron chi connectivity index (χ0n) is 14.6. The largest absolute Gasteiger partial charge is 0.311 e. The molecule has 1 N–H and O–H groups in total. The third kappa shape index (κ3) is 3.80. The van der Waals surface area contributed by atoms with E-state index in [2.05, 4.69) is 42.9 Å². The second-order valence-electron chi connectivity index (χ2n) is 8.71. The summed E-state index contributed by atoms with van der Waals surface area (Å²) >= 11 is 0. The molecule has 3 heteroatoms. The van der Waals surface area contributed by atoms with Crippen molar-refractivity contribution in [1.29, 1.82) is 0 Å². The van der Waals surface area contributed by atoms with Gasteiger partial charge in [0.1, 0.15) is 0 Å². The van der Waals surface area contributed by atoms with Crippen LogP contribution in [0.25, 0.3) is 0 Å². The van der Waals surface area contributed by atoms with E-state index in [1.807, 2.05) is 0 Å². The average molecular weight is 293 g/mol. The second-order valence-corrected chi connectivity index (χ2v) is 8.71. The lowest BCUT2D eigenvalue weighted by atomic mass is 9.79. The van der Waals surface area contributed by atoms with Crippen LogP contribution < -0.4 is 5.32 Å². The Morgan fingerprint density at radius 2 is 1.86 bits per heavy atom. The normalized spacial score (nSPS) is 35.3. The number of nitrogens with zero attached hydrogens (tertiary/aromatic N) is 2. The predicted molar refractivity (Wildman–Crippen MR) is 89.6 cm³/mol. The van der Waals surface area contributed by atoms with Gasteiger partial charge in [0.05, 0.1) is 0 Å². The maximum atomic E-state index is 3.85. The highest BCUT2D eigenvalue weighted by Gasteiger charge is 2.40. The van der Waals surface area contributed by atoms with Crippen LogP contribution in [0.1, 0.15) is 46.5 Å².